The van der Waals surface area contributed by atoms with Crippen molar-refractivity contribution in [3.8, 4) is 0 Å². The Morgan fingerprint density at radius 3 is 1.08 bits per heavy atom. The zero-order valence-corrected chi connectivity index (χ0v) is 7.14. The third-order valence-electron chi connectivity index (χ3n) is 0.183. The first-order valence-corrected chi connectivity index (χ1v) is 3.30. The van der Waals surface area contributed by atoms with Crippen molar-refractivity contribution in [1.29, 1.82) is 0 Å². The van der Waals surface area contributed by atoms with E-state index in [2.05, 4.69) is 0 Å². The van der Waals surface area contributed by atoms with Gasteiger partial charge in [-0.15, -0.1) is 0 Å². The van der Waals surface area contributed by atoms with Gasteiger partial charge in [0.2, 0.25) is 0 Å². The predicted octanol–water partition coefficient (Wildman–Crippen LogP) is -3.67. The average molecular weight is 241 g/mol. The summed E-state index contributed by atoms with van der Waals surface area (Å²) in [6.07, 6.45) is 0. The maximum atomic E-state index is 9.10. The molecule has 0 aromatic rings. The van der Waals surface area contributed by atoms with Crippen LogP contribution in [-0.2, 0) is 31.2 Å². The van der Waals surface area contributed by atoms with Gasteiger partial charge in [0.25, 0.3) is 0 Å². The van der Waals surface area contributed by atoms with E-state index in [4.69, 9.17) is 39.0 Å². The number of rotatable bonds is 0. The molecule has 0 heterocycles. The van der Waals surface area contributed by atoms with Crippen molar-refractivity contribution in [1.82, 2.24) is 0 Å². The van der Waals surface area contributed by atoms with E-state index in [1.807, 2.05) is 0 Å². The molecular formula is C2H2FeO8P. The number of carboxylic acids is 2. The van der Waals surface area contributed by atoms with Crippen molar-refractivity contribution in [3.63, 3.8) is 0 Å². The Hall–Kier alpha value is -0.431. The summed E-state index contributed by atoms with van der Waals surface area (Å²) in [5.74, 6) is -3.65. The molecule has 2 N–H and O–H groups in total. The van der Waals surface area contributed by atoms with Crippen LogP contribution in [0.5, 0.6) is 0 Å². The van der Waals surface area contributed by atoms with E-state index in [1.165, 1.54) is 0 Å². The van der Waals surface area contributed by atoms with Gasteiger partial charge < -0.3 is 29.5 Å². The van der Waals surface area contributed by atoms with Crippen molar-refractivity contribution >= 4 is 19.8 Å². The van der Waals surface area contributed by atoms with E-state index >= 15 is 0 Å². The molecule has 71 valence electrons. The van der Waals surface area contributed by atoms with E-state index in [9.17, 15) is 0 Å². The molecule has 12 heavy (non-hydrogen) atoms. The van der Waals surface area contributed by atoms with E-state index < -0.39 is 19.8 Å². The molecule has 1 radical (unpaired) electrons. The van der Waals surface area contributed by atoms with Crippen LogP contribution in [-0.4, -0.2) is 22.2 Å². The molecule has 0 aliphatic heterocycles. The second kappa shape index (κ2) is 7.23. The van der Waals surface area contributed by atoms with Gasteiger partial charge in [-0.3, -0.25) is 0 Å². The number of phosphoric acid groups is 1. The minimum Gasteiger partial charge on any atom is -0.822 e. The molecule has 0 saturated heterocycles. The first-order chi connectivity index (χ1) is 4.64. The van der Waals surface area contributed by atoms with E-state index in [0.29, 0.717) is 0 Å². The number of hydrogen-bond acceptors (Lipinski definition) is 6. The molecule has 0 aromatic carbocycles. The van der Waals surface area contributed by atoms with Gasteiger partial charge in [-0.1, -0.05) is 0 Å². The number of aliphatic carboxylic acids is 2. The fourth-order valence-electron chi connectivity index (χ4n) is 0. The molecule has 0 bridgehead atoms. The zero-order valence-electron chi connectivity index (χ0n) is 5.14. The van der Waals surface area contributed by atoms with Crippen LogP contribution >= 0.6 is 7.82 Å². The van der Waals surface area contributed by atoms with Crippen LogP contribution in [0.1, 0.15) is 0 Å². The first kappa shape index (κ1) is 17.6. The van der Waals surface area contributed by atoms with Gasteiger partial charge in [0.1, 0.15) is 0 Å². The SMILES string of the molecule is O=C(O)C(=O)O.O=P([O-])([O-])[O-].[Fe+3]. The van der Waals surface area contributed by atoms with Gasteiger partial charge in [-0.05, 0) is 0 Å². The number of carboxylic acid groups (broad SMARTS) is 2. The van der Waals surface area contributed by atoms with E-state index in [1.54, 1.807) is 0 Å². The summed E-state index contributed by atoms with van der Waals surface area (Å²) in [4.78, 5) is 43.8. The third-order valence-corrected chi connectivity index (χ3v) is 0.183. The molecule has 0 atom stereocenters. The van der Waals surface area contributed by atoms with Gasteiger partial charge in [0, 0.05) is 0 Å². The summed E-state index contributed by atoms with van der Waals surface area (Å²) < 4.78 is 8.55. The molecule has 0 aliphatic carbocycles. The molecule has 0 unspecified atom stereocenters. The Balaban J connectivity index is -0.000000126. The Kier molecular flexibility index (Phi) is 10.6. The molecule has 0 saturated carbocycles. The molecule has 0 spiro atoms. The topological polar surface area (TPSA) is 161 Å². The second-order valence-corrected chi connectivity index (χ2v) is 1.95. The van der Waals surface area contributed by atoms with Crippen molar-refractivity contribution in [2.75, 3.05) is 0 Å². The largest absolute Gasteiger partial charge is 3.00 e. The molecule has 10 heteroatoms. The van der Waals surface area contributed by atoms with Crippen LogP contribution in [0.3, 0.4) is 0 Å². The average Bonchev–Trinajstić information content (AvgIpc) is 1.59. The number of hydrogen-bond donors (Lipinski definition) is 2. The maximum Gasteiger partial charge on any atom is 3.00 e. The van der Waals surface area contributed by atoms with Crippen LogP contribution in [0.25, 0.3) is 0 Å². The van der Waals surface area contributed by atoms with Gasteiger partial charge in [0.05, 0.1) is 0 Å². The zero-order chi connectivity index (χ0) is 9.65. The molecule has 0 amide bonds. The van der Waals surface area contributed by atoms with Crippen LogP contribution in [0.15, 0.2) is 0 Å². The van der Waals surface area contributed by atoms with Gasteiger partial charge in [-0.25, -0.2) is 9.59 Å². The quantitative estimate of drug-likeness (QED) is 0.249. The summed E-state index contributed by atoms with van der Waals surface area (Å²) in [5, 5.41) is 14.8. The van der Waals surface area contributed by atoms with Crippen LogP contribution < -0.4 is 14.7 Å². The Labute approximate surface area is 76.5 Å². The smallest absolute Gasteiger partial charge is 0.822 e. The first-order valence-electron chi connectivity index (χ1n) is 1.84. The predicted molar refractivity (Wildman–Crippen MR) is 22.9 cm³/mol. The summed E-state index contributed by atoms with van der Waals surface area (Å²) in [6.45, 7) is 0. The van der Waals surface area contributed by atoms with Crippen molar-refractivity contribution < 1.29 is 56.1 Å². The number of carbonyl (C=O) groups is 2. The fourth-order valence-corrected chi connectivity index (χ4v) is 0. The van der Waals surface area contributed by atoms with Crippen LogP contribution in [0.4, 0.5) is 0 Å². The fraction of sp³-hybridized carbons (Fsp3) is 0. The minimum absolute atomic E-state index is 0. The van der Waals surface area contributed by atoms with Gasteiger partial charge in [-0.2, -0.15) is 7.82 Å². The second-order valence-electron chi connectivity index (χ2n) is 1.06. The molecule has 0 rings (SSSR count). The monoisotopic (exact) mass is 241 g/mol. The van der Waals surface area contributed by atoms with E-state index in [0.717, 1.165) is 0 Å². The molecular weight excluding hydrogens is 239 g/mol. The molecule has 0 aromatic heterocycles. The maximum absolute atomic E-state index is 9.10. The summed E-state index contributed by atoms with van der Waals surface area (Å²) >= 11 is 0. The van der Waals surface area contributed by atoms with Crippen molar-refractivity contribution in [2.24, 2.45) is 0 Å². The van der Waals surface area contributed by atoms with Crippen LogP contribution in [0.2, 0.25) is 0 Å². The Morgan fingerprint density at radius 1 is 1.00 bits per heavy atom. The summed E-state index contributed by atoms with van der Waals surface area (Å²) in [5.41, 5.74) is 0. The standard InChI is InChI=1S/C2H2O4.Fe.H3O4P/c3-1(4)2(5)6;;1-5(2,3)4/h(H,3,4)(H,5,6);;(H3,1,2,3,4)/q;+3;/p-3. The van der Waals surface area contributed by atoms with Crippen molar-refractivity contribution in [2.45, 2.75) is 0 Å². The van der Waals surface area contributed by atoms with Crippen LogP contribution in [0, 0.1) is 0 Å². The Bertz CT molecular complexity index is 173. The Morgan fingerprint density at radius 2 is 1.08 bits per heavy atom. The molecule has 8 nitrogen and oxygen atoms in total. The minimum atomic E-state index is -5.39. The van der Waals surface area contributed by atoms with E-state index in [-0.39, 0.29) is 17.1 Å². The molecule has 0 fully saturated rings. The molecule has 0 aliphatic rings. The van der Waals surface area contributed by atoms with Gasteiger partial charge in [0.15, 0.2) is 0 Å². The normalized spacial score (nSPS) is 8.58. The summed E-state index contributed by atoms with van der Waals surface area (Å²) in [6, 6.07) is 0. The van der Waals surface area contributed by atoms with Gasteiger partial charge >= 0.3 is 29.0 Å². The summed E-state index contributed by atoms with van der Waals surface area (Å²) in [7, 11) is -5.39. The van der Waals surface area contributed by atoms with Crippen molar-refractivity contribution in [3.05, 3.63) is 0 Å². The third kappa shape index (κ3) is 55.2.